The zero-order chi connectivity index (χ0) is 13.4. The maximum absolute atomic E-state index is 12.5. The van der Waals surface area contributed by atoms with Gasteiger partial charge in [0.1, 0.15) is 0 Å². The molecule has 1 aromatic carbocycles. The molecule has 0 aromatic heterocycles. The van der Waals surface area contributed by atoms with E-state index in [2.05, 4.69) is 0 Å². The van der Waals surface area contributed by atoms with Gasteiger partial charge in [-0.1, -0.05) is 30.3 Å². The van der Waals surface area contributed by atoms with Crippen LogP contribution in [0.2, 0.25) is 0 Å². The Labute approximate surface area is 112 Å². The van der Waals surface area contributed by atoms with Crippen LogP contribution in [-0.4, -0.2) is 28.8 Å². The molecule has 1 saturated heterocycles. The van der Waals surface area contributed by atoms with Crippen molar-refractivity contribution in [2.75, 3.05) is 0 Å². The van der Waals surface area contributed by atoms with Gasteiger partial charge in [0.15, 0.2) is 0 Å². The molecule has 3 rings (SSSR count). The van der Waals surface area contributed by atoms with E-state index in [1.807, 2.05) is 30.3 Å². The fourth-order valence-electron chi connectivity index (χ4n) is 3.23. The highest BCUT2D eigenvalue weighted by atomic mass is 16.2. The van der Waals surface area contributed by atoms with E-state index < -0.39 is 0 Å². The molecule has 2 aliphatic rings. The standard InChI is InChI=1S/C15H18N2O2/c16-12-7-4-8-13(12)17-14(18)9-11(15(17)19)10-5-2-1-3-6-10/h1-3,5-6,11-13H,4,7-9,16H2. The van der Waals surface area contributed by atoms with Gasteiger partial charge < -0.3 is 5.73 Å². The first-order valence-electron chi connectivity index (χ1n) is 6.85. The molecule has 3 unspecified atom stereocenters. The molecule has 2 amide bonds. The van der Waals surface area contributed by atoms with Crippen LogP contribution < -0.4 is 5.73 Å². The zero-order valence-corrected chi connectivity index (χ0v) is 10.8. The predicted octanol–water partition coefficient (Wildman–Crippen LogP) is 1.41. The summed E-state index contributed by atoms with van der Waals surface area (Å²) in [6, 6.07) is 9.39. The van der Waals surface area contributed by atoms with E-state index in [0.29, 0.717) is 0 Å². The van der Waals surface area contributed by atoms with Crippen molar-refractivity contribution >= 4 is 11.8 Å². The number of rotatable bonds is 2. The fraction of sp³-hybridized carbons (Fsp3) is 0.467. The number of imide groups is 1. The van der Waals surface area contributed by atoms with Gasteiger partial charge in [-0.15, -0.1) is 0 Å². The number of benzene rings is 1. The summed E-state index contributed by atoms with van der Waals surface area (Å²) >= 11 is 0. The number of likely N-dealkylation sites (tertiary alicyclic amines) is 1. The lowest BCUT2D eigenvalue weighted by Crippen LogP contribution is -2.47. The van der Waals surface area contributed by atoms with Crippen LogP contribution >= 0.6 is 0 Å². The molecular weight excluding hydrogens is 240 g/mol. The van der Waals surface area contributed by atoms with Crippen molar-refractivity contribution in [1.82, 2.24) is 4.90 Å². The van der Waals surface area contributed by atoms with E-state index in [9.17, 15) is 9.59 Å². The predicted molar refractivity (Wildman–Crippen MR) is 71.3 cm³/mol. The number of amides is 2. The van der Waals surface area contributed by atoms with Crippen molar-refractivity contribution in [1.29, 1.82) is 0 Å². The number of hydrogen-bond donors (Lipinski definition) is 1. The van der Waals surface area contributed by atoms with E-state index in [-0.39, 0.29) is 36.2 Å². The normalized spacial score (nSPS) is 31.2. The van der Waals surface area contributed by atoms with Gasteiger partial charge in [0.2, 0.25) is 11.8 Å². The van der Waals surface area contributed by atoms with Gasteiger partial charge in [-0.3, -0.25) is 14.5 Å². The second-order valence-electron chi connectivity index (χ2n) is 5.43. The molecule has 3 atom stereocenters. The summed E-state index contributed by atoms with van der Waals surface area (Å²) in [5.41, 5.74) is 6.95. The van der Waals surface area contributed by atoms with Crippen molar-refractivity contribution in [3.8, 4) is 0 Å². The maximum Gasteiger partial charge on any atom is 0.237 e. The van der Waals surface area contributed by atoms with E-state index in [1.54, 1.807) is 0 Å². The summed E-state index contributed by atoms with van der Waals surface area (Å²) < 4.78 is 0. The summed E-state index contributed by atoms with van der Waals surface area (Å²) in [7, 11) is 0. The molecule has 4 nitrogen and oxygen atoms in total. The third kappa shape index (κ3) is 2.06. The van der Waals surface area contributed by atoms with Crippen LogP contribution in [0.4, 0.5) is 0 Å². The lowest BCUT2D eigenvalue weighted by atomic mass is 9.98. The molecule has 1 aromatic rings. The Kier molecular flexibility index (Phi) is 3.11. The highest BCUT2D eigenvalue weighted by Gasteiger charge is 2.45. The molecule has 0 bridgehead atoms. The Morgan fingerprint density at radius 2 is 1.84 bits per heavy atom. The quantitative estimate of drug-likeness (QED) is 0.816. The molecule has 1 saturated carbocycles. The molecule has 0 spiro atoms. The second kappa shape index (κ2) is 4.78. The monoisotopic (exact) mass is 258 g/mol. The minimum atomic E-state index is -0.318. The molecule has 100 valence electrons. The number of carbonyl (C=O) groups is 2. The highest BCUT2D eigenvalue weighted by Crippen LogP contribution is 2.34. The first kappa shape index (κ1) is 12.4. The van der Waals surface area contributed by atoms with E-state index >= 15 is 0 Å². The van der Waals surface area contributed by atoms with Crippen LogP contribution in [0.5, 0.6) is 0 Å². The molecule has 2 fully saturated rings. The number of nitrogens with two attached hydrogens (primary N) is 1. The van der Waals surface area contributed by atoms with Crippen LogP contribution in [0.1, 0.15) is 37.2 Å². The third-order valence-electron chi connectivity index (χ3n) is 4.25. The molecule has 1 aliphatic carbocycles. The van der Waals surface area contributed by atoms with Gasteiger partial charge in [0, 0.05) is 12.5 Å². The van der Waals surface area contributed by atoms with E-state index in [1.165, 1.54) is 4.90 Å². The topological polar surface area (TPSA) is 63.4 Å². The van der Waals surface area contributed by atoms with Crippen molar-refractivity contribution in [3.63, 3.8) is 0 Å². The van der Waals surface area contributed by atoms with Gasteiger partial charge in [0.05, 0.1) is 12.0 Å². The van der Waals surface area contributed by atoms with Crippen molar-refractivity contribution < 1.29 is 9.59 Å². The number of hydrogen-bond acceptors (Lipinski definition) is 3. The van der Waals surface area contributed by atoms with E-state index in [4.69, 9.17) is 5.73 Å². The molecule has 19 heavy (non-hydrogen) atoms. The van der Waals surface area contributed by atoms with Gasteiger partial charge >= 0.3 is 0 Å². The molecule has 4 heteroatoms. The minimum absolute atomic E-state index is 0.0533. The van der Waals surface area contributed by atoms with Crippen LogP contribution in [0, 0.1) is 0 Å². The first-order chi connectivity index (χ1) is 9.18. The van der Waals surface area contributed by atoms with Crippen molar-refractivity contribution in [2.24, 2.45) is 5.73 Å². The largest absolute Gasteiger partial charge is 0.326 e. The van der Waals surface area contributed by atoms with Crippen LogP contribution in [0.25, 0.3) is 0 Å². The van der Waals surface area contributed by atoms with Gasteiger partial charge in [-0.25, -0.2) is 0 Å². The van der Waals surface area contributed by atoms with Crippen LogP contribution in [0.15, 0.2) is 30.3 Å². The maximum atomic E-state index is 12.5. The molecular formula is C15H18N2O2. The summed E-state index contributed by atoms with van der Waals surface area (Å²) in [6.45, 7) is 0. The Bertz CT molecular complexity index is 500. The molecule has 0 radical (unpaired) electrons. The van der Waals surface area contributed by atoms with Crippen molar-refractivity contribution in [2.45, 2.75) is 43.7 Å². The lowest BCUT2D eigenvalue weighted by molar-refractivity contribution is -0.141. The Hall–Kier alpha value is -1.68. The average molecular weight is 258 g/mol. The highest BCUT2D eigenvalue weighted by molar-refractivity contribution is 6.06. The lowest BCUT2D eigenvalue weighted by Gasteiger charge is -2.26. The fourth-order valence-corrected chi connectivity index (χ4v) is 3.23. The van der Waals surface area contributed by atoms with E-state index in [0.717, 1.165) is 24.8 Å². The van der Waals surface area contributed by atoms with Crippen LogP contribution in [0.3, 0.4) is 0 Å². The first-order valence-corrected chi connectivity index (χ1v) is 6.85. The van der Waals surface area contributed by atoms with Gasteiger partial charge in [-0.05, 0) is 24.8 Å². The van der Waals surface area contributed by atoms with Crippen LogP contribution in [-0.2, 0) is 9.59 Å². The molecule has 1 heterocycles. The molecule has 2 N–H and O–H groups in total. The average Bonchev–Trinajstić information content (AvgIpc) is 2.95. The summed E-state index contributed by atoms with van der Waals surface area (Å²) in [4.78, 5) is 26.1. The SMILES string of the molecule is NC1CCCC1N1C(=O)CC(c2ccccc2)C1=O. The number of nitrogens with zero attached hydrogens (tertiary/aromatic N) is 1. The number of carbonyl (C=O) groups excluding carboxylic acids is 2. The van der Waals surface area contributed by atoms with Crippen molar-refractivity contribution in [3.05, 3.63) is 35.9 Å². The Balaban J connectivity index is 1.85. The summed E-state index contributed by atoms with van der Waals surface area (Å²) in [5, 5.41) is 0. The van der Waals surface area contributed by atoms with Gasteiger partial charge in [0.25, 0.3) is 0 Å². The smallest absolute Gasteiger partial charge is 0.237 e. The third-order valence-corrected chi connectivity index (χ3v) is 4.25. The Morgan fingerprint density at radius 3 is 2.47 bits per heavy atom. The summed E-state index contributed by atoms with van der Waals surface area (Å²) in [5.74, 6) is -0.457. The summed E-state index contributed by atoms with van der Waals surface area (Å²) in [6.07, 6.45) is 3.03. The molecule has 1 aliphatic heterocycles. The van der Waals surface area contributed by atoms with Gasteiger partial charge in [-0.2, -0.15) is 0 Å². The second-order valence-corrected chi connectivity index (χ2v) is 5.43. The minimum Gasteiger partial charge on any atom is -0.326 e. The Morgan fingerprint density at radius 1 is 1.11 bits per heavy atom. The zero-order valence-electron chi connectivity index (χ0n) is 10.8.